The highest BCUT2D eigenvalue weighted by Gasteiger charge is 2.22. The average Bonchev–Trinajstić information content (AvgIpc) is 3.22. The fraction of sp³-hybridized carbons (Fsp3) is 0.391. The molecule has 0 spiro atoms. The zero-order valence-electron chi connectivity index (χ0n) is 17.8. The van der Waals surface area contributed by atoms with Crippen LogP contribution in [0.5, 0.6) is 0 Å². The third-order valence-corrected chi connectivity index (χ3v) is 5.46. The molecule has 3 aromatic rings. The summed E-state index contributed by atoms with van der Waals surface area (Å²) in [5.74, 6) is 1.73. The SMILES string of the molecule is CCNC(=NCCc1nnc2ccccn12)NC1CCCN(c2ccccc2C#N)C1. The average molecular weight is 417 g/mol. The minimum atomic E-state index is 0.271. The van der Waals surface area contributed by atoms with Crippen LogP contribution in [-0.4, -0.2) is 52.8 Å². The van der Waals surface area contributed by atoms with Crippen molar-refractivity contribution in [3.05, 3.63) is 60.0 Å². The first-order valence-corrected chi connectivity index (χ1v) is 10.9. The number of para-hydroxylation sites is 1. The number of pyridine rings is 1. The van der Waals surface area contributed by atoms with E-state index in [4.69, 9.17) is 4.99 Å². The molecule has 1 saturated heterocycles. The number of hydrogen-bond acceptors (Lipinski definition) is 5. The first-order valence-electron chi connectivity index (χ1n) is 10.9. The Morgan fingerprint density at radius 2 is 2.10 bits per heavy atom. The molecule has 31 heavy (non-hydrogen) atoms. The summed E-state index contributed by atoms with van der Waals surface area (Å²) in [6.07, 6.45) is 4.84. The van der Waals surface area contributed by atoms with Gasteiger partial charge in [-0.1, -0.05) is 18.2 Å². The Bertz CT molecular complexity index is 1080. The van der Waals surface area contributed by atoms with E-state index >= 15 is 0 Å². The highest BCUT2D eigenvalue weighted by Crippen LogP contribution is 2.23. The molecule has 1 unspecified atom stereocenters. The minimum Gasteiger partial charge on any atom is -0.368 e. The van der Waals surface area contributed by atoms with Gasteiger partial charge in [-0.3, -0.25) is 9.39 Å². The Balaban J connectivity index is 1.39. The van der Waals surface area contributed by atoms with Crippen molar-refractivity contribution >= 4 is 17.3 Å². The zero-order chi connectivity index (χ0) is 21.5. The zero-order valence-corrected chi connectivity index (χ0v) is 17.8. The molecule has 4 rings (SSSR count). The maximum Gasteiger partial charge on any atom is 0.191 e. The molecule has 2 N–H and O–H groups in total. The van der Waals surface area contributed by atoms with E-state index < -0.39 is 0 Å². The van der Waals surface area contributed by atoms with Gasteiger partial charge in [-0.25, -0.2) is 0 Å². The molecule has 0 radical (unpaired) electrons. The highest BCUT2D eigenvalue weighted by molar-refractivity contribution is 5.80. The fourth-order valence-corrected chi connectivity index (χ4v) is 4.00. The van der Waals surface area contributed by atoms with Gasteiger partial charge < -0.3 is 15.5 Å². The molecule has 2 aromatic heterocycles. The van der Waals surface area contributed by atoms with Gasteiger partial charge in [0.05, 0.1) is 11.3 Å². The quantitative estimate of drug-likeness (QED) is 0.473. The number of nitrogens with one attached hydrogen (secondary N) is 2. The van der Waals surface area contributed by atoms with Crippen LogP contribution in [0.3, 0.4) is 0 Å². The maximum atomic E-state index is 9.44. The van der Waals surface area contributed by atoms with E-state index in [9.17, 15) is 5.26 Å². The van der Waals surface area contributed by atoms with Gasteiger partial charge in [0.15, 0.2) is 11.6 Å². The van der Waals surface area contributed by atoms with Crippen molar-refractivity contribution in [3.8, 4) is 6.07 Å². The van der Waals surface area contributed by atoms with Crippen LogP contribution in [-0.2, 0) is 6.42 Å². The lowest BCUT2D eigenvalue weighted by atomic mass is 10.0. The second-order valence-corrected chi connectivity index (χ2v) is 7.61. The van der Waals surface area contributed by atoms with E-state index in [-0.39, 0.29) is 6.04 Å². The summed E-state index contributed by atoms with van der Waals surface area (Å²) in [6, 6.07) is 16.3. The summed E-state index contributed by atoms with van der Waals surface area (Å²) in [7, 11) is 0. The first-order chi connectivity index (χ1) is 15.3. The van der Waals surface area contributed by atoms with Crippen LogP contribution >= 0.6 is 0 Å². The van der Waals surface area contributed by atoms with Crippen LogP contribution < -0.4 is 15.5 Å². The number of nitriles is 1. The lowest BCUT2D eigenvalue weighted by Crippen LogP contribution is -2.51. The summed E-state index contributed by atoms with van der Waals surface area (Å²) in [5, 5.41) is 24.9. The van der Waals surface area contributed by atoms with E-state index in [0.29, 0.717) is 13.0 Å². The van der Waals surface area contributed by atoms with Crippen molar-refractivity contribution in [2.75, 3.05) is 31.1 Å². The van der Waals surface area contributed by atoms with Gasteiger partial charge in [0.1, 0.15) is 11.9 Å². The van der Waals surface area contributed by atoms with E-state index in [2.05, 4.69) is 38.7 Å². The van der Waals surface area contributed by atoms with Gasteiger partial charge in [0.2, 0.25) is 0 Å². The number of anilines is 1. The van der Waals surface area contributed by atoms with E-state index in [0.717, 1.165) is 61.2 Å². The molecule has 0 saturated carbocycles. The number of piperidine rings is 1. The molecule has 1 aliphatic heterocycles. The van der Waals surface area contributed by atoms with Gasteiger partial charge >= 0.3 is 0 Å². The largest absolute Gasteiger partial charge is 0.368 e. The molecule has 1 aliphatic rings. The Labute approximate surface area is 182 Å². The third-order valence-electron chi connectivity index (χ3n) is 5.46. The van der Waals surface area contributed by atoms with E-state index in [1.165, 1.54) is 0 Å². The number of benzene rings is 1. The lowest BCUT2D eigenvalue weighted by Gasteiger charge is -2.35. The summed E-state index contributed by atoms with van der Waals surface area (Å²) < 4.78 is 2.00. The van der Waals surface area contributed by atoms with Gasteiger partial charge in [-0.2, -0.15) is 5.26 Å². The molecule has 3 heterocycles. The smallest absolute Gasteiger partial charge is 0.191 e. The lowest BCUT2D eigenvalue weighted by molar-refractivity contribution is 0.468. The van der Waals surface area contributed by atoms with Crippen molar-refractivity contribution in [2.24, 2.45) is 4.99 Å². The molecular weight excluding hydrogens is 388 g/mol. The summed E-state index contributed by atoms with van der Waals surface area (Å²) in [6.45, 7) is 5.30. The Morgan fingerprint density at radius 1 is 1.23 bits per heavy atom. The normalized spacial score (nSPS) is 16.8. The standard InChI is InChI=1S/C23H28N8/c1-2-25-23(26-13-12-22-29-28-21-11-5-6-15-31(21)22)27-19-9-7-14-30(17-19)20-10-4-3-8-18(20)16-24/h3-6,8,10-11,15,19H,2,7,9,12-14,17H2,1H3,(H2,25,26,27). The van der Waals surface area contributed by atoms with Crippen LogP contribution in [0.4, 0.5) is 5.69 Å². The topological polar surface area (TPSA) is 93.6 Å². The molecular formula is C23H28N8. The Hall–Kier alpha value is -3.60. The number of hydrogen-bond donors (Lipinski definition) is 2. The van der Waals surface area contributed by atoms with Crippen LogP contribution in [0, 0.1) is 11.3 Å². The molecule has 0 bridgehead atoms. The minimum absolute atomic E-state index is 0.271. The second kappa shape index (κ2) is 9.94. The van der Waals surface area contributed by atoms with Gasteiger partial charge in [-0.15, -0.1) is 10.2 Å². The third kappa shape index (κ3) is 4.94. The molecule has 8 heteroatoms. The Kier molecular flexibility index (Phi) is 6.62. The molecule has 8 nitrogen and oxygen atoms in total. The predicted octanol–water partition coefficient (Wildman–Crippen LogP) is 2.37. The maximum absolute atomic E-state index is 9.44. The van der Waals surface area contributed by atoms with Gasteiger partial charge in [0.25, 0.3) is 0 Å². The van der Waals surface area contributed by atoms with Gasteiger partial charge in [-0.05, 0) is 44.0 Å². The van der Waals surface area contributed by atoms with Crippen LogP contribution in [0.1, 0.15) is 31.2 Å². The molecule has 1 atom stereocenters. The van der Waals surface area contributed by atoms with Crippen molar-refractivity contribution in [3.63, 3.8) is 0 Å². The molecule has 0 aliphatic carbocycles. The van der Waals surface area contributed by atoms with Crippen LogP contribution in [0.25, 0.3) is 5.65 Å². The van der Waals surface area contributed by atoms with Crippen LogP contribution in [0.2, 0.25) is 0 Å². The summed E-state index contributed by atoms with van der Waals surface area (Å²) >= 11 is 0. The first kappa shape index (κ1) is 20.7. The second-order valence-electron chi connectivity index (χ2n) is 7.61. The number of rotatable bonds is 6. The number of fused-ring (bicyclic) bond motifs is 1. The molecule has 1 fully saturated rings. The summed E-state index contributed by atoms with van der Waals surface area (Å²) in [5.41, 5.74) is 2.59. The summed E-state index contributed by atoms with van der Waals surface area (Å²) in [4.78, 5) is 7.06. The highest BCUT2D eigenvalue weighted by atomic mass is 15.3. The van der Waals surface area contributed by atoms with E-state index in [1.54, 1.807) is 0 Å². The molecule has 1 aromatic carbocycles. The number of guanidine groups is 1. The number of nitrogens with zero attached hydrogens (tertiary/aromatic N) is 6. The van der Waals surface area contributed by atoms with Crippen molar-refractivity contribution in [1.29, 1.82) is 5.26 Å². The monoisotopic (exact) mass is 416 g/mol. The number of aromatic nitrogens is 3. The van der Waals surface area contributed by atoms with Crippen molar-refractivity contribution in [2.45, 2.75) is 32.2 Å². The van der Waals surface area contributed by atoms with Crippen LogP contribution in [0.15, 0.2) is 53.7 Å². The van der Waals surface area contributed by atoms with Crippen molar-refractivity contribution < 1.29 is 0 Å². The van der Waals surface area contributed by atoms with Gasteiger partial charge in [0, 0.05) is 44.8 Å². The van der Waals surface area contributed by atoms with E-state index in [1.807, 2.05) is 53.1 Å². The predicted molar refractivity (Wildman–Crippen MR) is 122 cm³/mol. The molecule has 160 valence electrons. The van der Waals surface area contributed by atoms with Crippen molar-refractivity contribution in [1.82, 2.24) is 25.2 Å². The Morgan fingerprint density at radius 3 is 2.97 bits per heavy atom. The fourth-order valence-electron chi connectivity index (χ4n) is 4.00. The molecule has 0 amide bonds. The number of aliphatic imine (C=N–C) groups is 1.